The third kappa shape index (κ3) is 5.72. The number of hydroxylamine groups is 2. The van der Waals surface area contributed by atoms with Crippen LogP contribution < -0.4 is 5.73 Å². The molecule has 1 saturated heterocycles. The molecular weight excluding hydrogens is 271 g/mol. The molecule has 11 heteroatoms. The smallest absolute Gasteiger partial charge is 0.475 e. The zero-order valence-corrected chi connectivity index (χ0v) is 8.66. The van der Waals surface area contributed by atoms with E-state index in [-0.39, 0.29) is 6.61 Å². The number of carboxylic acids is 1. The predicted molar refractivity (Wildman–Crippen MR) is 45.3 cm³/mol. The molecule has 0 aromatic carbocycles. The number of hydrogen-bond donors (Lipinski definition) is 2. The molecule has 1 heterocycles. The molecule has 6 nitrogen and oxygen atoms in total. The second-order valence-corrected chi connectivity index (χ2v) is 3.00. The van der Waals surface area contributed by atoms with E-state index >= 15 is 0 Å². The van der Waals surface area contributed by atoms with Crippen molar-refractivity contribution in [3.63, 3.8) is 0 Å². The molecular formula is C7H9F5N2O4. The Morgan fingerprint density at radius 2 is 2.00 bits per heavy atom. The van der Waals surface area contributed by atoms with E-state index in [1.807, 2.05) is 0 Å². The van der Waals surface area contributed by atoms with Gasteiger partial charge in [0.25, 0.3) is 12.3 Å². The van der Waals surface area contributed by atoms with Crippen molar-refractivity contribution in [3.05, 3.63) is 0 Å². The fourth-order valence-corrected chi connectivity index (χ4v) is 0.758. The maximum atomic E-state index is 11.7. The lowest BCUT2D eigenvalue weighted by Crippen LogP contribution is -2.36. The summed E-state index contributed by atoms with van der Waals surface area (Å²) in [6.07, 6.45) is -7.66. The van der Waals surface area contributed by atoms with E-state index in [9.17, 15) is 26.7 Å². The van der Waals surface area contributed by atoms with Gasteiger partial charge in [0.15, 0.2) is 0 Å². The van der Waals surface area contributed by atoms with Gasteiger partial charge in [-0.2, -0.15) is 13.2 Å². The zero-order chi connectivity index (χ0) is 14.5. The van der Waals surface area contributed by atoms with Crippen LogP contribution in [0, 0.1) is 0 Å². The molecule has 0 aromatic heterocycles. The van der Waals surface area contributed by atoms with Gasteiger partial charge in [-0.3, -0.25) is 9.63 Å². The van der Waals surface area contributed by atoms with Gasteiger partial charge in [0.1, 0.15) is 12.6 Å². The van der Waals surface area contributed by atoms with Crippen molar-refractivity contribution < 1.29 is 41.5 Å². The molecule has 0 spiro atoms. The Balaban J connectivity index is 0.000000360. The number of nitrogens with zero attached hydrogens (tertiary/aromatic N) is 1. The van der Waals surface area contributed by atoms with Gasteiger partial charge in [-0.25, -0.2) is 18.6 Å². The Kier molecular flexibility index (Phi) is 5.91. The second-order valence-electron chi connectivity index (χ2n) is 3.00. The van der Waals surface area contributed by atoms with Crippen LogP contribution in [0.25, 0.3) is 0 Å². The fraction of sp³-hybridized carbons (Fsp3) is 0.714. The summed E-state index contributed by atoms with van der Waals surface area (Å²) in [5, 5.41) is 7.73. The fourth-order valence-electron chi connectivity index (χ4n) is 0.758. The largest absolute Gasteiger partial charge is 0.490 e. The molecule has 1 aliphatic heterocycles. The predicted octanol–water partition coefficient (Wildman–Crippen LogP) is -0.0141. The topological polar surface area (TPSA) is 92.9 Å². The number of nitrogens with two attached hydrogens (primary N) is 1. The molecule has 0 bridgehead atoms. The molecule has 18 heavy (non-hydrogen) atoms. The van der Waals surface area contributed by atoms with Crippen molar-refractivity contribution in [3.8, 4) is 0 Å². The third-order valence-corrected chi connectivity index (χ3v) is 1.52. The molecule has 1 rings (SSSR count). The van der Waals surface area contributed by atoms with Crippen LogP contribution in [0.5, 0.6) is 0 Å². The highest BCUT2D eigenvalue weighted by molar-refractivity contribution is 5.82. The number of alkyl halides is 5. The number of hydrogen-bond acceptors (Lipinski definition) is 4. The molecule has 1 amide bonds. The Morgan fingerprint density at radius 1 is 1.56 bits per heavy atom. The van der Waals surface area contributed by atoms with Crippen molar-refractivity contribution in [2.75, 3.05) is 13.2 Å². The second kappa shape index (κ2) is 6.44. The highest BCUT2D eigenvalue weighted by Crippen LogP contribution is 2.13. The first-order valence-corrected chi connectivity index (χ1v) is 4.33. The van der Waals surface area contributed by atoms with Gasteiger partial charge >= 0.3 is 12.1 Å². The summed E-state index contributed by atoms with van der Waals surface area (Å²) in [4.78, 5) is 24.2. The van der Waals surface area contributed by atoms with Crippen LogP contribution in [-0.4, -0.2) is 53.8 Å². The molecule has 1 fully saturated rings. The summed E-state index contributed by atoms with van der Waals surface area (Å²) in [7, 11) is 0. The Labute approximate surface area is 97.0 Å². The van der Waals surface area contributed by atoms with Crippen LogP contribution in [0.1, 0.15) is 0 Å². The maximum absolute atomic E-state index is 11.7. The number of carbonyl (C=O) groups is 2. The van der Waals surface area contributed by atoms with Gasteiger partial charge in [-0.05, 0) is 0 Å². The van der Waals surface area contributed by atoms with Crippen molar-refractivity contribution in [1.29, 1.82) is 0 Å². The van der Waals surface area contributed by atoms with Gasteiger partial charge < -0.3 is 10.8 Å². The van der Waals surface area contributed by atoms with E-state index in [2.05, 4.69) is 4.84 Å². The Morgan fingerprint density at radius 3 is 2.22 bits per heavy atom. The van der Waals surface area contributed by atoms with Gasteiger partial charge in [-0.15, -0.1) is 0 Å². The number of halogens is 5. The molecule has 1 atom stereocenters. The summed E-state index contributed by atoms with van der Waals surface area (Å²) in [6, 6.07) is -0.784. The molecule has 1 unspecified atom stereocenters. The summed E-state index contributed by atoms with van der Waals surface area (Å²) in [5.41, 5.74) is 5.18. The summed E-state index contributed by atoms with van der Waals surface area (Å²) in [6.45, 7) is -0.710. The minimum absolute atomic E-state index is 0.00838. The molecule has 0 radical (unpaired) electrons. The number of amides is 1. The lowest BCUT2D eigenvalue weighted by atomic mass is 10.3. The quantitative estimate of drug-likeness (QED) is 0.694. The number of carbonyl (C=O) groups excluding carboxylic acids is 1. The van der Waals surface area contributed by atoms with E-state index in [0.717, 1.165) is 0 Å². The van der Waals surface area contributed by atoms with Gasteiger partial charge in [0, 0.05) is 0 Å². The first kappa shape index (κ1) is 16.5. The first-order chi connectivity index (χ1) is 8.05. The number of aliphatic carboxylic acids is 1. The standard InChI is InChI=1S/C5H8F2N2O2.C2HF3O2/c6-4(7)1-9-5(10)3(8)2-11-9;3-2(4,5)1(6)7/h3-4H,1-2,8H2;(H,6,7). The Bertz CT molecular complexity index is 309. The van der Waals surface area contributed by atoms with Gasteiger partial charge in [-0.1, -0.05) is 0 Å². The van der Waals surface area contributed by atoms with Gasteiger partial charge in [0.05, 0.1) is 6.61 Å². The van der Waals surface area contributed by atoms with Crippen LogP contribution in [0.4, 0.5) is 22.0 Å². The molecule has 3 N–H and O–H groups in total. The first-order valence-electron chi connectivity index (χ1n) is 4.33. The number of carboxylic acid groups (broad SMARTS) is 1. The van der Waals surface area contributed by atoms with Crippen LogP contribution >= 0.6 is 0 Å². The van der Waals surface area contributed by atoms with Crippen LogP contribution in [0.2, 0.25) is 0 Å². The van der Waals surface area contributed by atoms with E-state index in [0.29, 0.717) is 5.06 Å². The average Bonchev–Trinajstić information content (AvgIpc) is 2.48. The zero-order valence-electron chi connectivity index (χ0n) is 8.66. The lowest BCUT2D eigenvalue weighted by molar-refractivity contribution is -0.192. The molecule has 0 aromatic rings. The van der Waals surface area contributed by atoms with E-state index in [1.54, 1.807) is 0 Å². The van der Waals surface area contributed by atoms with E-state index in [1.165, 1.54) is 0 Å². The Hall–Kier alpha value is -1.49. The molecule has 0 aliphatic carbocycles. The van der Waals surface area contributed by atoms with Crippen molar-refractivity contribution in [1.82, 2.24) is 5.06 Å². The van der Waals surface area contributed by atoms with Gasteiger partial charge in [0.2, 0.25) is 0 Å². The number of rotatable bonds is 2. The molecule has 0 saturated carbocycles. The monoisotopic (exact) mass is 280 g/mol. The highest BCUT2D eigenvalue weighted by Gasteiger charge is 2.38. The minimum Gasteiger partial charge on any atom is -0.475 e. The van der Waals surface area contributed by atoms with Crippen LogP contribution in [0.3, 0.4) is 0 Å². The maximum Gasteiger partial charge on any atom is 0.490 e. The third-order valence-electron chi connectivity index (χ3n) is 1.52. The van der Waals surface area contributed by atoms with Crippen molar-refractivity contribution in [2.24, 2.45) is 5.73 Å². The van der Waals surface area contributed by atoms with Crippen LogP contribution in [0.15, 0.2) is 0 Å². The highest BCUT2D eigenvalue weighted by atomic mass is 19.4. The van der Waals surface area contributed by atoms with Crippen molar-refractivity contribution in [2.45, 2.75) is 18.6 Å². The normalized spacial score (nSPS) is 19.8. The van der Waals surface area contributed by atoms with E-state index < -0.39 is 37.1 Å². The summed E-state index contributed by atoms with van der Waals surface area (Å²) >= 11 is 0. The van der Waals surface area contributed by atoms with E-state index in [4.69, 9.17) is 15.6 Å². The summed E-state index contributed by atoms with van der Waals surface area (Å²) in [5.74, 6) is -3.34. The molecule has 1 aliphatic rings. The lowest BCUT2D eigenvalue weighted by Gasteiger charge is -2.12. The molecule has 106 valence electrons. The average molecular weight is 280 g/mol. The van der Waals surface area contributed by atoms with Crippen molar-refractivity contribution >= 4 is 11.9 Å². The summed E-state index contributed by atoms with van der Waals surface area (Å²) < 4.78 is 55.1. The minimum atomic E-state index is -5.08. The van der Waals surface area contributed by atoms with Crippen LogP contribution in [-0.2, 0) is 14.4 Å². The SMILES string of the molecule is NC1CON(CC(F)F)C1=O.O=C(O)C(F)(F)F.